The van der Waals surface area contributed by atoms with Crippen molar-refractivity contribution in [3.8, 4) is 0 Å². The summed E-state index contributed by atoms with van der Waals surface area (Å²) in [5.41, 5.74) is 2.45. The predicted molar refractivity (Wildman–Crippen MR) is 66.2 cm³/mol. The normalized spacial score (nSPS) is 19.3. The van der Waals surface area contributed by atoms with Crippen LogP contribution in [0, 0.1) is 6.92 Å². The number of hydrogen-bond donors (Lipinski definition) is 0. The van der Waals surface area contributed by atoms with E-state index in [2.05, 4.69) is 41.3 Å². The SMILES string of the molecule is Cc1ccc(Cc2noc(C3CCCO3)n2)cc1. The molecule has 0 aliphatic carbocycles. The topological polar surface area (TPSA) is 48.2 Å². The fourth-order valence-electron chi connectivity index (χ4n) is 2.13. The number of hydrogen-bond acceptors (Lipinski definition) is 4. The van der Waals surface area contributed by atoms with Crippen LogP contribution in [-0.4, -0.2) is 16.7 Å². The zero-order valence-electron chi connectivity index (χ0n) is 10.4. The summed E-state index contributed by atoms with van der Waals surface area (Å²) >= 11 is 0. The van der Waals surface area contributed by atoms with Crippen molar-refractivity contribution in [1.82, 2.24) is 10.1 Å². The number of aryl methyl sites for hydroxylation is 1. The van der Waals surface area contributed by atoms with Crippen LogP contribution in [-0.2, 0) is 11.2 Å². The maximum absolute atomic E-state index is 5.52. The molecule has 0 N–H and O–H groups in total. The molecule has 0 saturated carbocycles. The Morgan fingerprint density at radius 3 is 2.83 bits per heavy atom. The average molecular weight is 244 g/mol. The van der Waals surface area contributed by atoms with Crippen LogP contribution in [0.15, 0.2) is 28.8 Å². The molecule has 18 heavy (non-hydrogen) atoms. The number of benzene rings is 1. The standard InChI is InChI=1S/C14H16N2O2/c1-10-4-6-11(7-5-10)9-13-15-14(18-16-13)12-3-2-8-17-12/h4-7,12H,2-3,8-9H2,1H3. The summed E-state index contributed by atoms with van der Waals surface area (Å²) in [4.78, 5) is 4.41. The largest absolute Gasteiger partial charge is 0.368 e. The first-order valence-corrected chi connectivity index (χ1v) is 6.31. The molecular weight excluding hydrogens is 228 g/mol. The lowest BCUT2D eigenvalue weighted by molar-refractivity contribution is 0.0835. The number of rotatable bonds is 3. The highest BCUT2D eigenvalue weighted by atomic mass is 16.5. The Balaban J connectivity index is 1.71. The molecule has 2 heterocycles. The minimum Gasteiger partial charge on any atom is -0.368 e. The van der Waals surface area contributed by atoms with E-state index in [1.165, 1.54) is 11.1 Å². The molecule has 0 radical (unpaired) electrons. The van der Waals surface area contributed by atoms with Gasteiger partial charge in [0.2, 0.25) is 0 Å². The van der Waals surface area contributed by atoms with E-state index in [0.29, 0.717) is 12.3 Å². The van der Waals surface area contributed by atoms with Crippen LogP contribution in [0.5, 0.6) is 0 Å². The van der Waals surface area contributed by atoms with Crippen LogP contribution >= 0.6 is 0 Å². The van der Waals surface area contributed by atoms with E-state index in [-0.39, 0.29) is 6.10 Å². The van der Waals surface area contributed by atoms with Gasteiger partial charge < -0.3 is 9.26 Å². The smallest absolute Gasteiger partial charge is 0.255 e. The maximum atomic E-state index is 5.52. The summed E-state index contributed by atoms with van der Waals surface area (Å²) in [6, 6.07) is 8.38. The van der Waals surface area contributed by atoms with E-state index < -0.39 is 0 Å². The van der Waals surface area contributed by atoms with E-state index >= 15 is 0 Å². The van der Waals surface area contributed by atoms with Crippen LogP contribution in [0.4, 0.5) is 0 Å². The fraction of sp³-hybridized carbons (Fsp3) is 0.429. The van der Waals surface area contributed by atoms with Gasteiger partial charge in [-0.1, -0.05) is 35.0 Å². The highest BCUT2D eigenvalue weighted by Gasteiger charge is 2.23. The molecule has 2 aromatic rings. The second-order valence-corrected chi connectivity index (χ2v) is 4.71. The molecular formula is C14H16N2O2. The molecule has 0 spiro atoms. The van der Waals surface area contributed by atoms with Gasteiger partial charge in [0.05, 0.1) is 0 Å². The molecule has 1 aromatic heterocycles. The summed E-state index contributed by atoms with van der Waals surface area (Å²) in [5, 5.41) is 4.01. The quantitative estimate of drug-likeness (QED) is 0.833. The Bertz CT molecular complexity index is 513. The van der Waals surface area contributed by atoms with Crippen molar-refractivity contribution in [2.24, 2.45) is 0 Å². The second-order valence-electron chi connectivity index (χ2n) is 4.71. The molecule has 1 unspecified atom stereocenters. The molecule has 1 fully saturated rings. The van der Waals surface area contributed by atoms with Crippen LogP contribution in [0.2, 0.25) is 0 Å². The minimum atomic E-state index is 0.00395. The van der Waals surface area contributed by atoms with E-state index in [9.17, 15) is 0 Å². The molecule has 4 heteroatoms. The van der Waals surface area contributed by atoms with Crippen molar-refractivity contribution in [3.63, 3.8) is 0 Å². The molecule has 0 bridgehead atoms. The van der Waals surface area contributed by atoms with Crippen LogP contribution in [0.1, 0.15) is 41.8 Å². The summed E-state index contributed by atoms with van der Waals surface area (Å²) < 4.78 is 10.8. The summed E-state index contributed by atoms with van der Waals surface area (Å²) in [6.45, 7) is 2.87. The van der Waals surface area contributed by atoms with Gasteiger partial charge in [0.25, 0.3) is 5.89 Å². The van der Waals surface area contributed by atoms with Gasteiger partial charge >= 0.3 is 0 Å². The average Bonchev–Trinajstić information content (AvgIpc) is 3.02. The van der Waals surface area contributed by atoms with E-state index in [0.717, 1.165) is 25.3 Å². The maximum Gasteiger partial charge on any atom is 0.255 e. The van der Waals surface area contributed by atoms with Crippen molar-refractivity contribution in [1.29, 1.82) is 0 Å². The van der Waals surface area contributed by atoms with Crippen molar-refractivity contribution in [2.45, 2.75) is 32.3 Å². The van der Waals surface area contributed by atoms with Gasteiger partial charge in [-0.2, -0.15) is 4.98 Å². The van der Waals surface area contributed by atoms with Gasteiger partial charge in [-0.25, -0.2) is 0 Å². The van der Waals surface area contributed by atoms with Gasteiger partial charge in [-0.3, -0.25) is 0 Å². The molecule has 1 aliphatic rings. The zero-order chi connectivity index (χ0) is 12.4. The van der Waals surface area contributed by atoms with Crippen LogP contribution in [0.25, 0.3) is 0 Å². The molecule has 1 saturated heterocycles. The summed E-state index contributed by atoms with van der Waals surface area (Å²) in [7, 11) is 0. The monoisotopic (exact) mass is 244 g/mol. The van der Waals surface area contributed by atoms with Gasteiger partial charge in [-0.15, -0.1) is 0 Å². The van der Waals surface area contributed by atoms with Crippen molar-refractivity contribution < 1.29 is 9.26 Å². The van der Waals surface area contributed by atoms with Gasteiger partial charge in [0.15, 0.2) is 5.82 Å². The molecule has 3 rings (SSSR count). The third kappa shape index (κ3) is 2.43. The first-order chi connectivity index (χ1) is 8.81. The van der Waals surface area contributed by atoms with Crippen molar-refractivity contribution in [3.05, 3.63) is 47.1 Å². The van der Waals surface area contributed by atoms with Crippen molar-refractivity contribution in [2.75, 3.05) is 6.61 Å². The third-order valence-corrected chi connectivity index (χ3v) is 3.17. The lowest BCUT2D eigenvalue weighted by atomic mass is 10.1. The lowest BCUT2D eigenvalue weighted by Gasteiger charge is -2.00. The first kappa shape index (κ1) is 11.4. The lowest BCUT2D eigenvalue weighted by Crippen LogP contribution is -1.97. The Morgan fingerprint density at radius 2 is 2.11 bits per heavy atom. The number of nitrogens with zero attached hydrogens (tertiary/aromatic N) is 2. The molecule has 4 nitrogen and oxygen atoms in total. The number of aromatic nitrogens is 2. The molecule has 1 aliphatic heterocycles. The van der Waals surface area contributed by atoms with Crippen molar-refractivity contribution >= 4 is 0 Å². The first-order valence-electron chi connectivity index (χ1n) is 6.31. The van der Waals surface area contributed by atoms with Gasteiger partial charge in [-0.05, 0) is 25.3 Å². The molecule has 0 amide bonds. The van der Waals surface area contributed by atoms with Crippen LogP contribution < -0.4 is 0 Å². The zero-order valence-corrected chi connectivity index (χ0v) is 10.4. The predicted octanol–water partition coefficient (Wildman–Crippen LogP) is 2.82. The van der Waals surface area contributed by atoms with E-state index in [1.54, 1.807) is 0 Å². The van der Waals surface area contributed by atoms with Gasteiger partial charge in [0, 0.05) is 13.0 Å². The third-order valence-electron chi connectivity index (χ3n) is 3.17. The fourth-order valence-corrected chi connectivity index (χ4v) is 2.13. The van der Waals surface area contributed by atoms with Gasteiger partial charge in [0.1, 0.15) is 6.10 Å². The highest BCUT2D eigenvalue weighted by molar-refractivity contribution is 5.23. The Hall–Kier alpha value is -1.68. The molecule has 1 aromatic carbocycles. The Kier molecular flexibility index (Phi) is 3.11. The molecule has 94 valence electrons. The summed E-state index contributed by atoms with van der Waals surface area (Å²) in [6.07, 6.45) is 2.76. The van der Waals surface area contributed by atoms with E-state index in [4.69, 9.17) is 9.26 Å². The minimum absolute atomic E-state index is 0.00395. The Morgan fingerprint density at radius 1 is 1.28 bits per heavy atom. The highest BCUT2D eigenvalue weighted by Crippen LogP contribution is 2.27. The summed E-state index contributed by atoms with van der Waals surface area (Å²) in [5.74, 6) is 1.35. The van der Waals surface area contributed by atoms with Crippen LogP contribution in [0.3, 0.4) is 0 Å². The molecule has 1 atom stereocenters. The number of ether oxygens (including phenoxy) is 1. The second kappa shape index (κ2) is 4.90. The van der Waals surface area contributed by atoms with E-state index in [1.807, 2.05) is 0 Å². The Labute approximate surface area is 106 Å².